The minimum Gasteiger partial charge on any atom is -0.388 e. The number of nitrogens with zero attached hydrogens (tertiary/aromatic N) is 4. The maximum Gasteiger partial charge on any atom is 0.172 e. The highest BCUT2D eigenvalue weighted by Crippen LogP contribution is 2.41. The highest BCUT2D eigenvalue weighted by molar-refractivity contribution is 7.99. The molecule has 156 valence electrons. The topological polar surface area (TPSA) is 119 Å². The quantitative estimate of drug-likeness (QED) is 0.333. The number of thioether (sulfide) groups is 1. The summed E-state index contributed by atoms with van der Waals surface area (Å²) in [7, 11) is 0. The molecule has 3 heterocycles. The van der Waals surface area contributed by atoms with Crippen LogP contribution < -0.4 is 5.73 Å². The number of nitrogen functional groups attached to an aromatic ring is 1. The van der Waals surface area contributed by atoms with Gasteiger partial charge in [0.25, 0.3) is 0 Å². The lowest BCUT2D eigenvalue weighted by Crippen LogP contribution is -2.32. The molecule has 0 radical (unpaired) electrons. The van der Waals surface area contributed by atoms with Gasteiger partial charge in [-0.2, -0.15) is 0 Å². The summed E-state index contributed by atoms with van der Waals surface area (Å²) in [5.74, 6) is 1.16. The molecule has 1 aliphatic heterocycles. The largest absolute Gasteiger partial charge is 0.388 e. The fraction of sp³-hybridized carbons (Fsp3) is 0.667. The summed E-state index contributed by atoms with van der Waals surface area (Å²) >= 11 is 1.57. The van der Waals surface area contributed by atoms with Crippen LogP contribution in [0.15, 0.2) is 11.5 Å². The lowest BCUT2D eigenvalue weighted by atomic mass is 10.1. The Morgan fingerprint density at radius 3 is 2.75 bits per heavy atom. The average Bonchev–Trinajstić information content (AvgIpc) is 3.12. The molecule has 0 aromatic carbocycles. The van der Waals surface area contributed by atoms with Gasteiger partial charge in [0.2, 0.25) is 0 Å². The lowest BCUT2D eigenvalue weighted by molar-refractivity contribution is -0.0400. The molecule has 3 rings (SSSR count). The van der Waals surface area contributed by atoms with Gasteiger partial charge in [0, 0.05) is 5.75 Å². The number of nitrogens with two attached hydrogens (primary N) is 1. The molecular formula is C18H30N5O3PS. The molecule has 8 nitrogen and oxygen atoms in total. The van der Waals surface area contributed by atoms with Crippen LogP contribution in [0.3, 0.4) is 0 Å². The Morgan fingerprint density at radius 1 is 1.32 bits per heavy atom. The molecule has 2 aromatic rings. The van der Waals surface area contributed by atoms with Crippen molar-refractivity contribution in [1.82, 2.24) is 19.5 Å². The highest BCUT2D eigenvalue weighted by atomic mass is 32.2. The lowest BCUT2D eigenvalue weighted by Gasteiger charge is -2.19. The first-order valence-corrected chi connectivity index (χ1v) is 13.6. The van der Waals surface area contributed by atoms with E-state index in [-0.39, 0.29) is 5.82 Å². The van der Waals surface area contributed by atoms with Crippen molar-refractivity contribution in [3.05, 3.63) is 6.33 Å². The summed E-state index contributed by atoms with van der Waals surface area (Å²) < 4.78 is 7.88. The van der Waals surface area contributed by atoms with E-state index in [0.717, 1.165) is 24.8 Å². The van der Waals surface area contributed by atoms with Crippen molar-refractivity contribution in [2.24, 2.45) is 0 Å². The fourth-order valence-electron chi connectivity index (χ4n) is 3.20. The zero-order valence-corrected chi connectivity index (χ0v) is 18.4. The number of rotatable bonds is 8. The van der Waals surface area contributed by atoms with E-state index in [0.29, 0.717) is 22.7 Å². The first-order valence-electron chi connectivity index (χ1n) is 9.53. The molecule has 1 fully saturated rings. The van der Waals surface area contributed by atoms with Crippen LogP contribution in [0.25, 0.3) is 11.2 Å². The van der Waals surface area contributed by atoms with Crippen molar-refractivity contribution >= 4 is 41.9 Å². The summed E-state index contributed by atoms with van der Waals surface area (Å²) in [6, 6.07) is 0. The first-order chi connectivity index (χ1) is 13.2. The molecule has 1 aliphatic rings. The second-order valence-electron chi connectivity index (χ2n) is 7.89. The monoisotopic (exact) mass is 427 g/mol. The Kier molecular flexibility index (Phi) is 6.72. The van der Waals surface area contributed by atoms with E-state index in [2.05, 4.69) is 41.5 Å². The van der Waals surface area contributed by atoms with Crippen molar-refractivity contribution in [3.8, 4) is 0 Å². The number of hydrogen-bond donors (Lipinski definition) is 3. The zero-order chi connectivity index (χ0) is 20.5. The van der Waals surface area contributed by atoms with E-state index >= 15 is 0 Å². The number of hydrogen-bond acceptors (Lipinski definition) is 8. The van der Waals surface area contributed by atoms with E-state index in [1.807, 2.05) is 0 Å². The maximum atomic E-state index is 10.7. The van der Waals surface area contributed by atoms with Crippen molar-refractivity contribution in [2.75, 3.05) is 31.0 Å². The maximum absolute atomic E-state index is 10.7. The van der Waals surface area contributed by atoms with Gasteiger partial charge in [0.15, 0.2) is 28.4 Å². The Labute approximate surface area is 169 Å². The van der Waals surface area contributed by atoms with Gasteiger partial charge < -0.3 is 20.7 Å². The molecule has 0 unspecified atom stereocenters. The van der Waals surface area contributed by atoms with Gasteiger partial charge in [-0.3, -0.25) is 4.57 Å². The number of aliphatic hydroxyl groups is 2. The molecule has 10 heteroatoms. The summed E-state index contributed by atoms with van der Waals surface area (Å²) in [6.45, 7) is 5.17. The first kappa shape index (κ1) is 21.6. The molecule has 0 saturated carbocycles. The smallest absolute Gasteiger partial charge is 0.172 e. The minimum atomic E-state index is -1.25. The van der Waals surface area contributed by atoms with Gasteiger partial charge in [0.1, 0.15) is 18.5 Å². The van der Waals surface area contributed by atoms with Crippen LogP contribution in [-0.2, 0) is 4.74 Å². The van der Waals surface area contributed by atoms with E-state index in [1.54, 1.807) is 16.3 Å². The standard InChI is InChI=1S/C18H30N5O3PS/c1-5-6-9-28-18-22-12-15(19)20-10-21-16(12)23(18)17-14(25)13(24)11(26-17)7-8-27(2,3)4/h10-11,13-14,17,24-25H,2,5-9H2,1,3-4H3,(H2,19,20,21)/t11-,13-,14-,17-/m1/s1. The molecule has 0 amide bonds. The van der Waals surface area contributed by atoms with E-state index in [9.17, 15) is 10.2 Å². The molecule has 4 atom stereocenters. The summed E-state index contributed by atoms with van der Waals surface area (Å²) in [6.07, 6.45) is 5.97. The second kappa shape index (κ2) is 8.71. The van der Waals surface area contributed by atoms with Crippen LogP contribution in [0.1, 0.15) is 32.4 Å². The van der Waals surface area contributed by atoms with E-state index < -0.39 is 31.4 Å². The Hall–Kier alpha value is -1.12. The van der Waals surface area contributed by atoms with Gasteiger partial charge in [-0.15, -0.1) is 13.2 Å². The number of unbranched alkanes of at least 4 members (excludes halogenated alkanes) is 1. The SMILES string of the molecule is C=P(C)(C)CC[C@H]1O[C@@H](n2c(SCCCC)nc3c(N)ncnc32)[C@H](O)[C@@H]1O. The van der Waals surface area contributed by atoms with Crippen molar-refractivity contribution in [3.63, 3.8) is 0 Å². The number of aromatic nitrogens is 4. The van der Waals surface area contributed by atoms with Gasteiger partial charge in [-0.05, 0) is 32.3 Å². The summed E-state index contributed by atoms with van der Waals surface area (Å²) in [5, 5.41) is 22.0. The van der Waals surface area contributed by atoms with Gasteiger partial charge in [-0.1, -0.05) is 25.1 Å². The molecule has 0 aliphatic carbocycles. The molecule has 0 bridgehead atoms. The summed E-state index contributed by atoms with van der Waals surface area (Å²) in [4.78, 5) is 12.9. The molecule has 1 saturated heterocycles. The van der Waals surface area contributed by atoms with Crippen LogP contribution in [0.4, 0.5) is 5.82 Å². The molecule has 28 heavy (non-hydrogen) atoms. The summed E-state index contributed by atoms with van der Waals surface area (Å²) in [5.41, 5.74) is 6.98. The predicted molar refractivity (Wildman–Crippen MR) is 117 cm³/mol. The fourth-order valence-corrected chi connectivity index (χ4v) is 5.26. The van der Waals surface area contributed by atoms with Gasteiger partial charge >= 0.3 is 0 Å². The van der Waals surface area contributed by atoms with Crippen LogP contribution in [0, 0.1) is 0 Å². The third-order valence-electron chi connectivity index (χ3n) is 4.81. The number of ether oxygens (including phenoxy) is 1. The molecule has 0 spiro atoms. The van der Waals surface area contributed by atoms with Crippen LogP contribution >= 0.6 is 18.6 Å². The highest BCUT2D eigenvalue weighted by Gasteiger charge is 2.45. The number of anilines is 1. The predicted octanol–water partition coefficient (Wildman–Crippen LogP) is 2.02. The third kappa shape index (κ3) is 4.54. The van der Waals surface area contributed by atoms with Crippen molar-refractivity contribution in [1.29, 1.82) is 0 Å². The van der Waals surface area contributed by atoms with Gasteiger partial charge in [-0.25, -0.2) is 15.0 Å². The van der Waals surface area contributed by atoms with Crippen molar-refractivity contribution in [2.45, 2.75) is 55.9 Å². The van der Waals surface area contributed by atoms with Crippen molar-refractivity contribution < 1.29 is 14.9 Å². The zero-order valence-electron chi connectivity index (χ0n) is 16.7. The van der Waals surface area contributed by atoms with E-state index in [1.165, 1.54) is 6.33 Å². The third-order valence-corrected chi connectivity index (χ3v) is 7.32. The molecular weight excluding hydrogens is 397 g/mol. The van der Waals surface area contributed by atoms with Crippen LogP contribution in [-0.4, -0.2) is 79.6 Å². The Bertz CT molecular complexity index is 870. The van der Waals surface area contributed by atoms with E-state index in [4.69, 9.17) is 10.5 Å². The number of imidazole rings is 1. The Balaban J connectivity index is 1.93. The average molecular weight is 428 g/mol. The Morgan fingerprint density at radius 2 is 2.07 bits per heavy atom. The number of aliphatic hydroxyl groups excluding tert-OH is 2. The normalized spacial score (nSPS) is 25.6. The van der Waals surface area contributed by atoms with Gasteiger partial charge in [0.05, 0.1) is 6.10 Å². The number of fused-ring (bicyclic) bond motifs is 1. The minimum absolute atomic E-state index is 0.286. The molecule has 2 aromatic heterocycles. The van der Waals surface area contributed by atoms with Crippen LogP contribution in [0.5, 0.6) is 0 Å². The second-order valence-corrected chi connectivity index (χ2v) is 13.3. The van der Waals surface area contributed by atoms with Crippen LogP contribution in [0.2, 0.25) is 0 Å². The molecule has 4 N–H and O–H groups in total.